The third kappa shape index (κ3) is 37.5. The molecule has 0 rings (SSSR count). The van der Waals surface area contributed by atoms with Gasteiger partial charge in [-0.3, -0.25) is 9.59 Å². The molecule has 0 atom stereocenters. The minimum absolute atomic E-state index is 0.125. The largest absolute Gasteiger partial charge is 0.356 e. The molecule has 0 saturated heterocycles. The second-order valence-corrected chi connectivity index (χ2v) is 14.4. The zero-order valence-corrected chi connectivity index (χ0v) is 32.0. The second kappa shape index (κ2) is 39.3. The monoisotopic (exact) mass is 665 g/mol. The minimum Gasteiger partial charge on any atom is -0.356 e. The van der Waals surface area contributed by atoms with Crippen molar-refractivity contribution >= 4 is 11.8 Å². The highest BCUT2D eigenvalue weighted by Gasteiger charge is 2.10. The van der Waals surface area contributed by atoms with E-state index in [1.165, 1.54) is 167 Å². The van der Waals surface area contributed by atoms with Crippen molar-refractivity contribution in [2.24, 2.45) is 5.73 Å². The van der Waals surface area contributed by atoms with E-state index in [9.17, 15) is 9.59 Å². The molecule has 0 aromatic rings. The molecule has 0 aromatic carbocycles. The first-order valence-electron chi connectivity index (χ1n) is 21.1. The SMILES string of the molecule is CCCCCCCCCCCCCCCCNC(=O)CCN(CCCN)CCC(=O)NCCCCCCCCCCCCCCCC. The summed E-state index contributed by atoms with van der Waals surface area (Å²) in [5.41, 5.74) is 5.74. The molecule has 47 heavy (non-hydrogen) atoms. The Balaban J connectivity index is 3.67. The van der Waals surface area contributed by atoms with Gasteiger partial charge in [-0.15, -0.1) is 0 Å². The first-order chi connectivity index (χ1) is 23.1. The number of rotatable bonds is 39. The van der Waals surface area contributed by atoms with Crippen LogP contribution in [0.4, 0.5) is 0 Å². The summed E-state index contributed by atoms with van der Waals surface area (Å²) >= 11 is 0. The van der Waals surface area contributed by atoms with Gasteiger partial charge in [-0.25, -0.2) is 0 Å². The summed E-state index contributed by atoms with van der Waals surface area (Å²) in [4.78, 5) is 27.1. The number of carbonyl (C=O) groups is 2. The van der Waals surface area contributed by atoms with E-state index in [2.05, 4.69) is 29.4 Å². The van der Waals surface area contributed by atoms with Gasteiger partial charge in [0.1, 0.15) is 0 Å². The van der Waals surface area contributed by atoms with E-state index in [0.717, 1.165) is 38.9 Å². The van der Waals surface area contributed by atoms with Gasteiger partial charge >= 0.3 is 0 Å². The molecule has 2 amide bonds. The van der Waals surface area contributed by atoms with Crippen molar-refractivity contribution in [3.63, 3.8) is 0 Å². The normalized spacial score (nSPS) is 11.4. The molecule has 0 bridgehead atoms. The van der Waals surface area contributed by atoms with Crippen LogP contribution in [0, 0.1) is 0 Å². The van der Waals surface area contributed by atoms with Crippen molar-refractivity contribution < 1.29 is 9.59 Å². The number of unbranched alkanes of at least 4 members (excludes halogenated alkanes) is 26. The van der Waals surface area contributed by atoms with Crippen molar-refractivity contribution in [3.8, 4) is 0 Å². The molecule has 6 heteroatoms. The van der Waals surface area contributed by atoms with Crippen LogP contribution in [-0.4, -0.2) is 56.0 Å². The van der Waals surface area contributed by atoms with Gasteiger partial charge in [-0.1, -0.05) is 181 Å². The number of nitrogens with two attached hydrogens (primary N) is 1. The first kappa shape index (κ1) is 45.9. The molecular formula is C41H84N4O2. The molecule has 0 aliphatic carbocycles. The van der Waals surface area contributed by atoms with Crippen LogP contribution in [0.15, 0.2) is 0 Å². The van der Waals surface area contributed by atoms with E-state index in [-0.39, 0.29) is 11.8 Å². The quantitative estimate of drug-likeness (QED) is 0.0571. The smallest absolute Gasteiger partial charge is 0.221 e. The van der Waals surface area contributed by atoms with Gasteiger partial charge in [0.2, 0.25) is 11.8 Å². The summed E-state index contributed by atoms with van der Waals surface area (Å²) in [6.07, 6.45) is 39.6. The molecule has 0 spiro atoms. The Hall–Kier alpha value is -1.14. The van der Waals surface area contributed by atoms with Gasteiger partial charge < -0.3 is 21.3 Å². The van der Waals surface area contributed by atoms with Gasteiger partial charge in [0, 0.05) is 39.0 Å². The van der Waals surface area contributed by atoms with Crippen molar-refractivity contribution in [1.82, 2.24) is 15.5 Å². The van der Waals surface area contributed by atoms with E-state index in [1.54, 1.807) is 0 Å². The lowest BCUT2D eigenvalue weighted by molar-refractivity contribution is -0.121. The number of nitrogens with one attached hydrogen (secondary N) is 2. The maximum atomic E-state index is 12.4. The van der Waals surface area contributed by atoms with E-state index in [4.69, 9.17) is 5.73 Å². The predicted molar refractivity (Wildman–Crippen MR) is 206 cm³/mol. The molecule has 0 saturated carbocycles. The third-order valence-corrected chi connectivity index (χ3v) is 9.69. The van der Waals surface area contributed by atoms with Crippen LogP contribution in [0.5, 0.6) is 0 Å². The Morgan fingerprint density at radius 3 is 0.957 bits per heavy atom. The highest BCUT2D eigenvalue weighted by molar-refractivity contribution is 5.76. The maximum Gasteiger partial charge on any atom is 0.221 e. The highest BCUT2D eigenvalue weighted by Crippen LogP contribution is 2.14. The van der Waals surface area contributed by atoms with Crippen molar-refractivity contribution in [1.29, 1.82) is 0 Å². The summed E-state index contributed by atoms with van der Waals surface area (Å²) < 4.78 is 0. The van der Waals surface area contributed by atoms with Crippen molar-refractivity contribution in [2.75, 3.05) is 39.3 Å². The van der Waals surface area contributed by atoms with Crippen LogP contribution >= 0.6 is 0 Å². The lowest BCUT2D eigenvalue weighted by atomic mass is 10.0. The topological polar surface area (TPSA) is 87.5 Å². The zero-order chi connectivity index (χ0) is 34.3. The average molecular weight is 665 g/mol. The number of nitrogens with zero attached hydrogens (tertiary/aromatic N) is 1. The van der Waals surface area contributed by atoms with E-state index >= 15 is 0 Å². The summed E-state index contributed by atoms with van der Waals surface area (Å²) in [5.74, 6) is 0.249. The fraction of sp³-hybridized carbons (Fsp3) is 0.951. The zero-order valence-electron chi connectivity index (χ0n) is 32.0. The summed E-state index contributed by atoms with van der Waals surface area (Å²) in [6.45, 7) is 8.98. The molecule has 0 fully saturated rings. The van der Waals surface area contributed by atoms with Crippen molar-refractivity contribution in [2.45, 2.75) is 213 Å². The molecular weight excluding hydrogens is 580 g/mol. The van der Waals surface area contributed by atoms with Crippen LogP contribution in [0.25, 0.3) is 0 Å². The highest BCUT2D eigenvalue weighted by atomic mass is 16.2. The lowest BCUT2D eigenvalue weighted by Gasteiger charge is -2.21. The molecule has 4 N–H and O–H groups in total. The number of hydrogen-bond acceptors (Lipinski definition) is 4. The van der Waals surface area contributed by atoms with Gasteiger partial charge in [0.15, 0.2) is 0 Å². The Morgan fingerprint density at radius 2 is 0.681 bits per heavy atom. The Kier molecular flexibility index (Phi) is 38.3. The van der Waals surface area contributed by atoms with Crippen LogP contribution in [0.1, 0.15) is 213 Å². The first-order valence-corrected chi connectivity index (χ1v) is 21.1. The maximum absolute atomic E-state index is 12.4. The van der Waals surface area contributed by atoms with E-state index in [1.807, 2.05) is 0 Å². The number of hydrogen-bond donors (Lipinski definition) is 3. The Labute approximate surface area is 294 Å². The fourth-order valence-electron chi connectivity index (χ4n) is 6.44. The molecule has 0 radical (unpaired) electrons. The number of amides is 2. The van der Waals surface area contributed by atoms with Crippen LogP contribution < -0.4 is 16.4 Å². The minimum atomic E-state index is 0.125. The predicted octanol–water partition coefficient (Wildman–Crippen LogP) is 10.6. The van der Waals surface area contributed by atoms with Crippen LogP contribution in [0.2, 0.25) is 0 Å². The summed E-state index contributed by atoms with van der Waals surface area (Å²) in [5, 5.41) is 6.21. The summed E-state index contributed by atoms with van der Waals surface area (Å²) in [7, 11) is 0. The van der Waals surface area contributed by atoms with Gasteiger partial charge in [-0.2, -0.15) is 0 Å². The summed E-state index contributed by atoms with van der Waals surface area (Å²) in [6, 6.07) is 0. The third-order valence-electron chi connectivity index (χ3n) is 9.69. The van der Waals surface area contributed by atoms with Gasteiger partial charge in [0.25, 0.3) is 0 Å². The van der Waals surface area contributed by atoms with Crippen LogP contribution in [0.3, 0.4) is 0 Å². The Bertz CT molecular complexity index is 595. The molecule has 6 nitrogen and oxygen atoms in total. The lowest BCUT2D eigenvalue weighted by Crippen LogP contribution is -2.35. The molecule has 0 aliphatic rings. The standard InChI is InChI=1S/C41H84N4O2/c1-3-5-7-9-11-13-15-17-19-21-23-25-27-29-35-43-40(46)32-38-45(37-31-34-42)39-33-41(47)44-36-30-28-26-24-22-20-18-16-14-12-10-8-6-4-2/h3-39,42H2,1-2H3,(H,43,46)(H,44,47). The van der Waals surface area contributed by atoms with Crippen LogP contribution in [-0.2, 0) is 9.59 Å². The van der Waals surface area contributed by atoms with Crippen molar-refractivity contribution in [3.05, 3.63) is 0 Å². The van der Waals surface area contributed by atoms with E-state index < -0.39 is 0 Å². The molecule has 0 unspecified atom stereocenters. The van der Waals surface area contributed by atoms with Gasteiger partial charge in [-0.05, 0) is 32.4 Å². The average Bonchev–Trinajstić information content (AvgIpc) is 3.07. The number of carbonyl (C=O) groups excluding carboxylic acids is 2. The second-order valence-electron chi connectivity index (χ2n) is 14.4. The Morgan fingerprint density at radius 1 is 0.404 bits per heavy atom. The van der Waals surface area contributed by atoms with E-state index in [0.29, 0.717) is 32.5 Å². The fourth-order valence-corrected chi connectivity index (χ4v) is 6.44. The molecule has 280 valence electrons. The molecule has 0 heterocycles. The molecule has 0 aliphatic heterocycles. The van der Waals surface area contributed by atoms with Gasteiger partial charge in [0.05, 0.1) is 0 Å². The molecule has 0 aromatic heterocycles.